The van der Waals surface area contributed by atoms with Gasteiger partial charge >= 0.3 is 0 Å². The van der Waals surface area contributed by atoms with Gasteiger partial charge < -0.3 is 9.47 Å². The van der Waals surface area contributed by atoms with Crippen molar-refractivity contribution < 1.29 is 9.47 Å². The van der Waals surface area contributed by atoms with Crippen molar-refractivity contribution >= 4 is 0 Å². The minimum absolute atomic E-state index is 0.527. The van der Waals surface area contributed by atoms with Crippen LogP contribution in [0.2, 0.25) is 0 Å². The molecule has 17 heavy (non-hydrogen) atoms. The minimum Gasteiger partial charge on any atom is -0.380 e. The fourth-order valence-electron chi connectivity index (χ4n) is 2.59. The van der Waals surface area contributed by atoms with E-state index in [1.165, 1.54) is 18.7 Å². The third-order valence-corrected chi connectivity index (χ3v) is 3.60. The SMILES string of the molecule is c1ccc(COCCN2CC3(COC3)C2)cc1. The molecule has 1 spiro atoms. The van der Waals surface area contributed by atoms with E-state index >= 15 is 0 Å². The van der Waals surface area contributed by atoms with E-state index in [0.29, 0.717) is 5.41 Å². The Balaban J connectivity index is 1.29. The van der Waals surface area contributed by atoms with Gasteiger partial charge in [0, 0.05) is 25.0 Å². The number of likely N-dealkylation sites (tertiary alicyclic amines) is 1. The molecule has 3 rings (SSSR count). The van der Waals surface area contributed by atoms with Crippen molar-refractivity contribution in [3.63, 3.8) is 0 Å². The molecule has 92 valence electrons. The van der Waals surface area contributed by atoms with Crippen molar-refractivity contribution in [2.45, 2.75) is 6.61 Å². The van der Waals surface area contributed by atoms with Gasteiger partial charge in [0.05, 0.1) is 26.4 Å². The fraction of sp³-hybridized carbons (Fsp3) is 0.571. The Morgan fingerprint density at radius 2 is 1.94 bits per heavy atom. The first-order valence-electron chi connectivity index (χ1n) is 6.28. The van der Waals surface area contributed by atoms with E-state index < -0.39 is 0 Å². The summed E-state index contributed by atoms with van der Waals surface area (Å²) in [5.41, 5.74) is 1.78. The average Bonchev–Trinajstić information content (AvgIpc) is 2.25. The summed E-state index contributed by atoms with van der Waals surface area (Å²) >= 11 is 0. The third kappa shape index (κ3) is 2.51. The first-order valence-corrected chi connectivity index (χ1v) is 6.28. The molecule has 0 aromatic heterocycles. The van der Waals surface area contributed by atoms with Gasteiger partial charge in [0.2, 0.25) is 0 Å². The predicted molar refractivity (Wildman–Crippen MR) is 65.8 cm³/mol. The third-order valence-electron chi connectivity index (χ3n) is 3.60. The molecule has 0 N–H and O–H groups in total. The number of ether oxygens (including phenoxy) is 2. The highest BCUT2D eigenvalue weighted by atomic mass is 16.5. The molecule has 3 nitrogen and oxygen atoms in total. The van der Waals surface area contributed by atoms with Crippen LogP contribution >= 0.6 is 0 Å². The summed E-state index contributed by atoms with van der Waals surface area (Å²) < 4.78 is 10.9. The number of nitrogens with zero attached hydrogens (tertiary/aromatic N) is 1. The summed E-state index contributed by atoms with van der Waals surface area (Å²) in [6.45, 7) is 6.93. The fourth-order valence-corrected chi connectivity index (χ4v) is 2.59. The van der Waals surface area contributed by atoms with Gasteiger partial charge in [-0.25, -0.2) is 0 Å². The molecule has 1 aromatic carbocycles. The minimum atomic E-state index is 0.527. The van der Waals surface area contributed by atoms with Crippen molar-refractivity contribution in [1.29, 1.82) is 0 Å². The molecule has 2 heterocycles. The molecule has 2 saturated heterocycles. The van der Waals surface area contributed by atoms with Crippen molar-refractivity contribution in [3.05, 3.63) is 35.9 Å². The molecule has 0 unspecified atom stereocenters. The summed E-state index contributed by atoms with van der Waals surface area (Å²) in [6, 6.07) is 10.3. The second-order valence-electron chi connectivity index (χ2n) is 5.24. The van der Waals surface area contributed by atoms with Crippen molar-refractivity contribution in [2.75, 3.05) is 39.5 Å². The standard InChI is InChI=1S/C14H19NO2/c1-2-4-13(5-3-1)8-16-7-6-15-9-14(10-15)11-17-12-14/h1-5H,6-12H2. The summed E-state index contributed by atoms with van der Waals surface area (Å²) in [4.78, 5) is 2.45. The highest BCUT2D eigenvalue weighted by Crippen LogP contribution is 2.36. The smallest absolute Gasteiger partial charge is 0.0717 e. The lowest BCUT2D eigenvalue weighted by atomic mass is 9.78. The largest absolute Gasteiger partial charge is 0.380 e. The average molecular weight is 233 g/mol. The Morgan fingerprint density at radius 1 is 1.18 bits per heavy atom. The van der Waals surface area contributed by atoms with Gasteiger partial charge in [-0.3, -0.25) is 4.90 Å². The Kier molecular flexibility index (Phi) is 3.14. The molecule has 0 atom stereocenters. The van der Waals surface area contributed by atoms with Crippen LogP contribution in [0, 0.1) is 5.41 Å². The zero-order valence-electron chi connectivity index (χ0n) is 10.1. The van der Waals surface area contributed by atoms with Gasteiger partial charge in [-0.15, -0.1) is 0 Å². The summed E-state index contributed by atoms with van der Waals surface area (Å²) in [7, 11) is 0. The monoisotopic (exact) mass is 233 g/mol. The normalized spacial score (nSPS) is 22.1. The van der Waals surface area contributed by atoms with Gasteiger partial charge in [-0.1, -0.05) is 30.3 Å². The molecule has 2 fully saturated rings. The molecule has 0 aliphatic carbocycles. The number of benzene rings is 1. The van der Waals surface area contributed by atoms with E-state index in [9.17, 15) is 0 Å². The maximum absolute atomic E-state index is 5.67. The Morgan fingerprint density at radius 3 is 2.59 bits per heavy atom. The van der Waals surface area contributed by atoms with Crippen LogP contribution in [0.5, 0.6) is 0 Å². The van der Waals surface area contributed by atoms with E-state index in [4.69, 9.17) is 9.47 Å². The van der Waals surface area contributed by atoms with Crippen LogP contribution < -0.4 is 0 Å². The van der Waals surface area contributed by atoms with Crippen molar-refractivity contribution in [2.24, 2.45) is 5.41 Å². The van der Waals surface area contributed by atoms with E-state index in [1.54, 1.807) is 0 Å². The van der Waals surface area contributed by atoms with Gasteiger partial charge in [-0.2, -0.15) is 0 Å². The lowest BCUT2D eigenvalue weighted by molar-refractivity contribution is -0.191. The molecular formula is C14H19NO2. The topological polar surface area (TPSA) is 21.7 Å². The number of hydrogen-bond donors (Lipinski definition) is 0. The van der Waals surface area contributed by atoms with Crippen LogP contribution in [0.25, 0.3) is 0 Å². The van der Waals surface area contributed by atoms with Crippen molar-refractivity contribution in [1.82, 2.24) is 4.90 Å². The van der Waals surface area contributed by atoms with Crippen LogP contribution in [-0.4, -0.2) is 44.4 Å². The van der Waals surface area contributed by atoms with Gasteiger partial charge in [0.15, 0.2) is 0 Å². The Bertz CT molecular complexity index is 354. The summed E-state index contributed by atoms with van der Waals surface area (Å²) in [6.07, 6.45) is 0. The lowest BCUT2D eigenvalue weighted by Crippen LogP contribution is -2.66. The van der Waals surface area contributed by atoms with E-state index in [-0.39, 0.29) is 0 Å². The van der Waals surface area contributed by atoms with Crippen LogP contribution in [0.15, 0.2) is 30.3 Å². The molecular weight excluding hydrogens is 214 g/mol. The van der Waals surface area contributed by atoms with Gasteiger partial charge in [-0.05, 0) is 5.56 Å². The zero-order valence-corrected chi connectivity index (χ0v) is 10.1. The van der Waals surface area contributed by atoms with E-state index in [0.717, 1.165) is 33.0 Å². The lowest BCUT2D eigenvalue weighted by Gasteiger charge is -2.55. The maximum Gasteiger partial charge on any atom is 0.0717 e. The van der Waals surface area contributed by atoms with Crippen LogP contribution in [-0.2, 0) is 16.1 Å². The van der Waals surface area contributed by atoms with Crippen LogP contribution in [0.4, 0.5) is 0 Å². The molecule has 2 aliphatic rings. The number of rotatable bonds is 5. The van der Waals surface area contributed by atoms with E-state index in [2.05, 4.69) is 29.2 Å². The van der Waals surface area contributed by atoms with Gasteiger partial charge in [0.1, 0.15) is 0 Å². The second kappa shape index (κ2) is 4.77. The second-order valence-corrected chi connectivity index (χ2v) is 5.24. The highest BCUT2D eigenvalue weighted by Gasteiger charge is 2.48. The molecule has 0 amide bonds. The molecule has 0 saturated carbocycles. The quantitative estimate of drug-likeness (QED) is 0.720. The summed E-state index contributed by atoms with van der Waals surface area (Å²) in [5, 5.41) is 0. The molecule has 0 radical (unpaired) electrons. The number of hydrogen-bond acceptors (Lipinski definition) is 3. The van der Waals surface area contributed by atoms with E-state index in [1.807, 2.05) is 6.07 Å². The van der Waals surface area contributed by atoms with Crippen LogP contribution in [0.3, 0.4) is 0 Å². The molecule has 2 aliphatic heterocycles. The summed E-state index contributed by atoms with van der Waals surface area (Å²) in [5.74, 6) is 0. The Labute approximate surface area is 102 Å². The zero-order chi connectivity index (χ0) is 11.6. The van der Waals surface area contributed by atoms with Crippen molar-refractivity contribution in [3.8, 4) is 0 Å². The molecule has 1 aromatic rings. The highest BCUT2D eigenvalue weighted by molar-refractivity contribution is 5.13. The van der Waals surface area contributed by atoms with Gasteiger partial charge in [0.25, 0.3) is 0 Å². The van der Waals surface area contributed by atoms with Crippen LogP contribution in [0.1, 0.15) is 5.56 Å². The Hall–Kier alpha value is -0.900. The predicted octanol–water partition coefficient (Wildman–Crippen LogP) is 1.54. The first kappa shape index (κ1) is 11.2. The molecule has 0 bridgehead atoms. The maximum atomic E-state index is 5.67. The molecule has 3 heteroatoms. The first-order chi connectivity index (χ1) is 8.36.